The first-order valence-corrected chi connectivity index (χ1v) is 14.6. The van der Waals surface area contributed by atoms with Crippen LogP contribution in [-0.4, -0.2) is 35.7 Å². The van der Waals surface area contributed by atoms with Crippen molar-refractivity contribution in [1.29, 1.82) is 0 Å². The van der Waals surface area contributed by atoms with Gasteiger partial charge in [0, 0.05) is 52.7 Å². The Morgan fingerprint density at radius 2 is 1.77 bits per heavy atom. The maximum absolute atomic E-state index is 14.3. The molecule has 1 amide bonds. The van der Waals surface area contributed by atoms with E-state index >= 15 is 0 Å². The molecule has 4 aromatic carbocycles. The summed E-state index contributed by atoms with van der Waals surface area (Å²) in [6.07, 6.45) is -0.376. The molecular weight excluding hydrogens is 611 g/mol. The van der Waals surface area contributed by atoms with E-state index in [4.69, 9.17) is 42.8 Å². The fourth-order valence-corrected chi connectivity index (χ4v) is 5.39. The number of carbonyl (C=O) groups excluding carboxylic acids is 1. The molecule has 1 aliphatic heterocycles. The lowest BCUT2D eigenvalue weighted by Crippen LogP contribution is -2.53. The van der Waals surface area contributed by atoms with E-state index < -0.39 is 29.2 Å². The van der Waals surface area contributed by atoms with Gasteiger partial charge in [-0.3, -0.25) is 10.2 Å². The zero-order valence-corrected chi connectivity index (χ0v) is 24.9. The minimum Gasteiger partial charge on any atom is -0.494 e. The Labute approximate surface area is 263 Å². The number of rotatable bonds is 12. The van der Waals surface area contributed by atoms with Crippen molar-refractivity contribution in [3.63, 3.8) is 0 Å². The zero-order valence-electron chi connectivity index (χ0n) is 23.4. The maximum Gasteiger partial charge on any atom is 0.266 e. The second-order valence-corrected chi connectivity index (χ2v) is 11.0. The van der Waals surface area contributed by atoms with Crippen LogP contribution < -0.4 is 15.6 Å². The molecule has 0 aromatic heterocycles. The highest BCUT2D eigenvalue weighted by Gasteiger charge is 2.54. The van der Waals surface area contributed by atoms with Gasteiger partial charge < -0.3 is 14.6 Å². The molecule has 5 rings (SSSR count). The minimum absolute atomic E-state index is 0.0228. The highest BCUT2D eigenvalue weighted by atomic mass is 35.5. The van der Waals surface area contributed by atoms with Crippen molar-refractivity contribution >= 4 is 35.0 Å². The number of hydrogen-bond donors (Lipinski definition) is 3. The monoisotopic (exact) mass is 639 g/mol. The van der Waals surface area contributed by atoms with Crippen LogP contribution in [0.15, 0.2) is 96.0 Å². The first-order chi connectivity index (χ1) is 21.3. The molecule has 1 heterocycles. The van der Waals surface area contributed by atoms with Gasteiger partial charge in [-0.05, 0) is 60.2 Å². The van der Waals surface area contributed by atoms with E-state index in [0.29, 0.717) is 34.9 Å². The van der Waals surface area contributed by atoms with Gasteiger partial charge in [-0.1, -0.05) is 59.6 Å². The average molecular weight is 641 g/mol. The number of hydrogen-bond acceptors (Lipinski definition) is 6. The molecule has 0 unspecified atom stereocenters. The first-order valence-electron chi connectivity index (χ1n) is 13.9. The third-order valence-electron chi connectivity index (χ3n) is 7.08. The number of amides is 1. The van der Waals surface area contributed by atoms with E-state index in [9.17, 15) is 13.6 Å². The quantitative estimate of drug-likeness (QED) is 0.124. The predicted octanol–water partition coefficient (Wildman–Crippen LogP) is 6.35. The number of hydrazine groups is 1. The second kappa shape index (κ2) is 14.2. The molecule has 4 aromatic rings. The summed E-state index contributed by atoms with van der Waals surface area (Å²) in [6, 6.07) is 24.3. The van der Waals surface area contributed by atoms with Crippen molar-refractivity contribution < 1.29 is 28.2 Å². The molecule has 0 bridgehead atoms. The van der Waals surface area contributed by atoms with Crippen molar-refractivity contribution in [2.45, 2.75) is 31.0 Å². The molecule has 3 N–H and O–H groups in total. The number of aliphatic hydroxyl groups is 1. The molecule has 0 fully saturated rings. The second-order valence-electron chi connectivity index (χ2n) is 10.2. The molecule has 44 heavy (non-hydrogen) atoms. The summed E-state index contributed by atoms with van der Waals surface area (Å²) in [6.45, 7) is 0.199. The Hall–Kier alpha value is -4.02. The average Bonchev–Trinajstić information content (AvgIpc) is 3.39. The Bertz CT molecular complexity index is 1640. The number of carbonyl (C=O) groups is 1. The fourth-order valence-electron chi connectivity index (χ4n) is 4.89. The fraction of sp³-hybridized carbons (Fsp3) is 0.212. The smallest absolute Gasteiger partial charge is 0.266 e. The van der Waals surface area contributed by atoms with Crippen molar-refractivity contribution in [2.75, 3.05) is 13.2 Å². The molecule has 0 saturated carbocycles. The molecule has 0 radical (unpaired) electrons. The van der Waals surface area contributed by atoms with Gasteiger partial charge in [0.05, 0.1) is 6.61 Å². The van der Waals surface area contributed by atoms with Crippen LogP contribution in [0, 0.1) is 11.6 Å². The maximum atomic E-state index is 14.3. The molecule has 7 nitrogen and oxygen atoms in total. The van der Waals surface area contributed by atoms with Crippen LogP contribution in [0.5, 0.6) is 5.75 Å². The summed E-state index contributed by atoms with van der Waals surface area (Å²) < 4.78 is 40.1. The molecule has 0 aliphatic carbocycles. The highest BCUT2D eigenvalue weighted by Crippen LogP contribution is 2.45. The van der Waals surface area contributed by atoms with Gasteiger partial charge in [0.1, 0.15) is 17.4 Å². The number of halogens is 4. The third kappa shape index (κ3) is 7.19. The van der Waals surface area contributed by atoms with E-state index in [1.165, 1.54) is 0 Å². The van der Waals surface area contributed by atoms with Crippen LogP contribution in [0.1, 0.15) is 34.8 Å². The van der Waals surface area contributed by atoms with Crippen LogP contribution in [0.3, 0.4) is 0 Å². The normalized spacial score (nSPS) is 17.6. The summed E-state index contributed by atoms with van der Waals surface area (Å²) in [5.74, 6) is -1.000. The number of nitrogens with zero attached hydrogens (tertiary/aromatic N) is 1. The molecule has 1 aliphatic rings. The van der Waals surface area contributed by atoms with Crippen LogP contribution in [0.25, 0.3) is 0 Å². The Kier molecular flexibility index (Phi) is 10.1. The van der Waals surface area contributed by atoms with Gasteiger partial charge in [0.25, 0.3) is 5.91 Å². The topological polar surface area (TPSA) is 92.2 Å². The predicted molar refractivity (Wildman–Crippen MR) is 165 cm³/mol. The van der Waals surface area contributed by atoms with Crippen molar-refractivity contribution in [3.05, 3.63) is 135 Å². The van der Waals surface area contributed by atoms with Gasteiger partial charge in [-0.25, -0.2) is 19.2 Å². The summed E-state index contributed by atoms with van der Waals surface area (Å²) in [5.41, 5.74) is 5.69. The van der Waals surface area contributed by atoms with Gasteiger partial charge in [-0.15, -0.1) is 0 Å². The van der Waals surface area contributed by atoms with E-state index in [-0.39, 0.29) is 36.1 Å². The Morgan fingerprint density at radius 3 is 2.50 bits per heavy atom. The van der Waals surface area contributed by atoms with Crippen LogP contribution in [0.2, 0.25) is 10.0 Å². The van der Waals surface area contributed by atoms with Crippen molar-refractivity contribution in [3.8, 4) is 5.75 Å². The molecule has 0 saturated heterocycles. The SMILES string of the molecule is O=C(NNCc1cc(F)ccc1F)[C@@]1(Cc2ccccc2)N=C(c2ccc(OCCCO)cc2)O[C@H]1c1ccc(Cl)cc1Cl. The van der Waals surface area contributed by atoms with Gasteiger partial charge in [0.2, 0.25) is 5.90 Å². The number of nitrogens with one attached hydrogen (secondary N) is 2. The lowest BCUT2D eigenvalue weighted by molar-refractivity contribution is -0.130. The molecule has 228 valence electrons. The van der Waals surface area contributed by atoms with Crippen LogP contribution in [0.4, 0.5) is 8.78 Å². The van der Waals surface area contributed by atoms with Crippen LogP contribution >= 0.6 is 23.2 Å². The standard InChI is InChI=1S/C33H29Cl2F2N3O4/c34-24-9-13-27(28(35)18-24)30-33(19-21-5-2-1-3-6-21,32(42)40-38-20-23-17-25(36)10-14-29(23)37)39-31(44-30)22-7-11-26(12-8-22)43-16-4-15-41/h1-3,5-14,17-18,30,38,41H,4,15-16,19-20H2,(H,40,42)/t30-,33-/m0/s1. The first kappa shape index (κ1) is 31.4. The Morgan fingerprint density at radius 1 is 1.00 bits per heavy atom. The number of aliphatic imine (C=N–C) groups is 1. The third-order valence-corrected chi connectivity index (χ3v) is 7.64. The summed E-state index contributed by atoms with van der Waals surface area (Å²) >= 11 is 12.9. The van der Waals surface area contributed by atoms with E-state index in [2.05, 4.69) is 10.9 Å². The summed E-state index contributed by atoms with van der Waals surface area (Å²) in [5, 5.41) is 9.72. The number of ether oxygens (including phenoxy) is 2. The van der Waals surface area contributed by atoms with Crippen molar-refractivity contribution in [1.82, 2.24) is 10.9 Å². The molecule has 0 spiro atoms. The van der Waals surface area contributed by atoms with Crippen LogP contribution in [-0.2, 0) is 22.5 Å². The van der Waals surface area contributed by atoms with E-state index in [0.717, 1.165) is 23.8 Å². The van der Waals surface area contributed by atoms with Gasteiger partial charge >= 0.3 is 0 Å². The number of aliphatic hydroxyl groups excluding tert-OH is 1. The van der Waals surface area contributed by atoms with E-state index in [1.807, 2.05) is 30.3 Å². The lowest BCUT2D eigenvalue weighted by Gasteiger charge is -2.31. The zero-order chi connectivity index (χ0) is 31.1. The van der Waals surface area contributed by atoms with Crippen molar-refractivity contribution in [2.24, 2.45) is 4.99 Å². The Balaban J connectivity index is 1.53. The highest BCUT2D eigenvalue weighted by molar-refractivity contribution is 6.35. The molecular formula is C33H29Cl2F2N3O4. The molecule has 2 atom stereocenters. The summed E-state index contributed by atoms with van der Waals surface area (Å²) in [4.78, 5) is 19.1. The summed E-state index contributed by atoms with van der Waals surface area (Å²) in [7, 11) is 0. The molecule has 11 heteroatoms. The largest absolute Gasteiger partial charge is 0.494 e. The van der Waals surface area contributed by atoms with Gasteiger partial charge in [0.15, 0.2) is 11.6 Å². The minimum atomic E-state index is -1.59. The van der Waals surface area contributed by atoms with E-state index in [1.54, 1.807) is 42.5 Å². The number of benzene rings is 4. The van der Waals surface area contributed by atoms with Gasteiger partial charge in [-0.2, -0.15) is 0 Å². The lowest BCUT2D eigenvalue weighted by atomic mass is 9.82.